The summed E-state index contributed by atoms with van der Waals surface area (Å²) in [4.78, 5) is 5.43. The average molecular weight is 1490 g/mol. The van der Waals surface area contributed by atoms with E-state index in [1.807, 2.05) is 0 Å². The fourth-order valence-corrected chi connectivity index (χ4v) is 18.3. The molecule has 15 aromatic carbocycles. The Balaban J connectivity index is 1.01. The molecule has 562 valence electrons. The smallest absolute Gasteiger partial charge is 0.252 e. The minimum Gasteiger partial charge on any atom is -0.311 e. The summed E-state index contributed by atoms with van der Waals surface area (Å²) in [6, 6.07) is 126. The molecule has 0 unspecified atom stereocenters. The van der Waals surface area contributed by atoms with E-state index in [0.29, 0.717) is 0 Å². The molecule has 2 aliphatic heterocycles. The highest BCUT2D eigenvalue weighted by Gasteiger charge is 2.46. The molecule has 19 rings (SSSR count). The summed E-state index contributed by atoms with van der Waals surface area (Å²) in [5.74, 6) is 0. The summed E-state index contributed by atoms with van der Waals surface area (Å²) in [6.07, 6.45) is 0. The number of nitrogens with zero attached hydrogens (tertiary/aromatic N) is 4. The molecule has 0 N–H and O–H groups in total. The quantitative estimate of drug-likeness (QED) is 0.127. The van der Waals surface area contributed by atoms with Gasteiger partial charge in [-0.3, -0.25) is 0 Å². The molecular weight excluding hydrogens is 1390 g/mol. The van der Waals surface area contributed by atoms with Gasteiger partial charge in [-0.15, -0.1) is 0 Å². The average Bonchev–Trinajstić information content (AvgIpc) is 1.28. The standard InChI is InChI=1S/C110H99BN4/c1-106(2,3)79-49-54-96-91(65-79)92-66-80(107(4,5)6)50-55-97(92)113(96)85-51-52-93-100(69-85)115(105-89(72-38-25-18-26-39-72)67-83(110(13,14)15)68-90(105)73-40-27-19-28-41-73)102-63-78(87-45-33-47-99-103(87)88-44-31-32-46-95(88)112(99)84-42-29-20-30-43-84)62-101-104(102)111(93)94-61-74(77-57-81(108(7,8)9)64-82(58-77)109(10,11)12)48-53-98(94)114(101)86-59-75(70-34-21-16-22-35-70)56-76(60-86)71-36-23-17-24-37-71/h16-69H,1-15H3. The Labute approximate surface area is 679 Å². The van der Waals surface area contributed by atoms with Crippen molar-refractivity contribution < 1.29 is 0 Å². The molecule has 0 spiro atoms. The highest BCUT2D eigenvalue weighted by molar-refractivity contribution is 7.00. The lowest BCUT2D eigenvalue weighted by Crippen LogP contribution is -2.61. The second-order valence-corrected chi connectivity index (χ2v) is 37.4. The number of para-hydroxylation sites is 2. The molecule has 115 heavy (non-hydrogen) atoms. The van der Waals surface area contributed by atoms with Crippen LogP contribution in [0.25, 0.3) is 122 Å². The van der Waals surface area contributed by atoms with Crippen molar-refractivity contribution in [3.8, 4) is 78.1 Å². The van der Waals surface area contributed by atoms with Gasteiger partial charge >= 0.3 is 0 Å². The Morgan fingerprint density at radius 1 is 0.217 bits per heavy atom. The predicted molar refractivity (Wildman–Crippen MR) is 495 cm³/mol. The van der Waals surface area contributed by atoms with Gasteiger partial charge in [0.25, 0.3) is 6.71 Å². The van der Waals surface area contributed by atoms with E-state index in [4.69, 9.17) is 0 Å². The van der Waals surface area contributed by atoms with E-state index < -0.39 is 0 Å². The Hall–Kier alpha value is -12.4. The molecule has 5 heteroatoms. The van der Waals surface area contributed by atoms with Gasteiger partial charge in [-0.05, 0) is 236 Å². The van der Waals surface area contributed by atoms with E-state index in [-0.39, 0.29) is 33.8 Å². The summed E-state index contributed by atoms with van der Waals surface area (Å²) < 4.78 is 5.05. The van der Waals surface area contributed by atoms with E-state index >= 15 is 0 Å². The van der Waals surface area contributed by atoms with Gasteiger partial charge in [0.2, 0.25) is 0 Å². The maximum Gasteiger partial charge on any atom is 0.252 e. The third kappa shape index (κ3) is 12.6. The van der Waals surface area contributed by atoms with Crippen molar-refractivity contribution >= 4 is 101 Å². The molecular formula is C110H99BN4. The number of hydrogen-bond donors (Lipinski definition) is 0. The fourth-order valence-electron chi connectivity index (χ4n) is 18.3. The van der Waals surface area contributed by atoms with Crippen LogP contribution in [0.3, 0.4) is 0 Å². The van der Waals surface area contributed by atoms with Crippen LogP contribution < -0.4 is 26.2 Å². The summed E-state index contributed by atoms with van der Waals surface area (Å²) in [7, 11) is 0. The third-order valence-electron chi connectivity index (χ3n) is 24.6. The van der Waals surface area contributed by atoms with Crippen molar-refractivity contribution in [1.82, 2.24) is 9.13 Å². The van der Waals surface area contributed by atoms with Crippen LogP contribution in [0.1, 0.15) is 132 Å². The van der Waals surface area contributed by atoms with E-state index in [9.17, 15) is 0 Å². The highest BCUT2D eigenvalue weighted by Crippen LogP contribution is 2.55. The topological polar surface area (TPSA) is 16.3 Å². The lowest BCUT2D eigenvalue weighted by atomic mass is 9.33. The molecule has 0 saturated heterocycles. The van der Waals surface area contributed by atoms with Crippen LogP contribution in [-0.4, -0.2) is 15.8 Å². The van der Waals surface area contributed by atoms with Gasteiger partial charge in [-0.2, -0.15) is 0 Å². The van der Waals surface area contributed by atoms with Gasteiger partial charge in [-0.25, -0.2) is 0 Å². The maximum absolute atomic E-state index is 2.76. The van der Waals surface area contributed by atoms with Crippen LogP contribution in [0.5, 0.6) is 0 Å². The molecule has 0 saturated carbocycles. The minimum absolute atomic E-state index is 0.0769. The molecule has 0 radical (unpaired) electrons. The first-order chi connectivity index (χ1) is 55.2. The molecule has 17 aromatic rings. The number of rotatable bonds is 10. The zero-order chi connectivity index (χ0) is 79.4. The first-order valence-corrected chi connectivity index (χ1v) is 41.1. The summed E-state index contributed by atoms with van der Waals surface area (Å²) in [5, 5.41) is 4.91. The zero-order valence-corrected chi connectivity index (χ0v) is 69.0. The van der Waals surface area contributed by atoms with Crippen molar-refractivity contribution in [2.75, 3.05) is 9.80 Å². The van der Waals surface area contributed by atoms with Crippen LogP contribution in [0, 0.1) is 0 Å². The lowest BCUT2D eigenvalue weighted by molar-refractivity contribution is 0.569. The monoisotopic (exact) mass is 1490 g/mol. The van der Waals surface area contributed by atoms with Crippen molar-refractivity contribution in [3.05, 3.63) is 355 Å². The normalized spacial score (nSPS) is 13.1. The molecule has 0 fully saturated rings. The minimum atomic E-state index is -0.295. The Bertz CT molecular complexity index is 6480. The van der Waals surface area contributed by atoms with Crippen molar-refractivity contribution in [1.29, 1.82) is 0 Å². The third-order valence-corrected chi connectivity index (χ3v) is 24.6. The van der Waals surface area contributed by atoms with Gasteiger partial charge in [-0.1, -0.05) is 322 Å². The molecule has 2 aliphatic rings. The largest absolute Gasteiger partial charge is 0.311 e. The van der Waals surface area contributed by atoms with Crippen molar-refractivity contribution in [2.24, 2.45) is 0 Å². The molecule has 4 heterocycles. The first-order valence-electron chi connectivity index (χ1n) is 41.1. The Kier molecular flexibility index (Phi) is 17.2. The first kappa shape index (κ1) is 72.8. The van der Waals surface area contributed by atoms with Gasteiger partial charge in [0.05, 0.1) is 27.8 Å². The van der Waals surface area contributed by atoms with Gasteiger partial charge in [0.1, 0.15) is 0 Å². The summed E-state index contributed by atoms with van der Waals surface area (Å²) in [5.41, 5.74) is 37.0. The second-order valence-electron chi connectivity index (χ2n) is 37.4. The molecule has 0 aliphatic carbocycles. The number of anilines is 6. The van der Waals surface area contributed by atoms with E-state index in [1.54, 1.807) is 0 Å². The number of hydrogen-bond acceptors (Lipinski definition) is 2. The highest BCUT2D eigenvalue weighted by atomic mass is 15.2. The van der Waals surface area contributed by atoms with E-state index in [2.05, 4.69) is 450 Å². The number of aromatic nitrogens is 2. The van der Waals surface area contributed by atoms with E-state index in [1.165, 1.54) is 87.9 Å². The molecule has 0 bridgehead atoms. The van der Waals surface area contributed by atoms with Crippen LogP contribution in [0.4, 0.5) is 34.1 Å². The maximum atomic E-state index is 2.76. The zero-order valence-electron chi connectivity index (χ0n) is 69.0. The molecule has 4 nitrogen and oxygen atoms in total. The number of benzene rings is 15. The van der Waals surface area contributed by atoms with Crippen LogP contribution in [0.2, 0.25) is 0 Å². The summed E-state index contributed by atoms with van der Waals surface area (Å²) >= 11 is 0. The second kappa shape index (κ2) is 27.1. The molecule has 0 atom stereocenters. The Morgan fingerprint density at radius 2 is 0.670 bits per heavy atom. The van der Waals surface area contributed by atoms with Crippen molar-refractivity contribution in [3.63, 3.8) is 0 Å². The van der Waals surface area contributed by atoms with E-state index in [0.717, 1.165) is 112 Å². The molecule has 2 aromatic heterocycles. The van der Waals surface area contributed by atoms with Gasteiger partial charge < -0.3 is 18.9 Å². The number of fused-ring (bicyclic) bond motifs is 10. The fraction of sp³-hybridized carbons (Fsp3) is 0.182. The summed E-state index contributed by atoms with van der Waals surface area (Å²) in [6.45, 7) is 35.0. The molecule has 0 amide bonds. The SMILES string of the molecule is CC(C)(C)c1cc(-c2ccc3c(c2)B2c4ccc(-n5c6ccc(C(C)(C)C)cc6c6cc(C(C)(C)C)ccc65)cc4N(c4c(-c5ccccc5)cc(C(C)(C)C)cc4-c4ccccc4)c4cc(-c5cccc6c5c5ccccc5n6-c5ccccc5)cc(c42)N3c2cc(-c3ccccc3)cc(-c3ccccc3)c2)cc(C(C)(C)C)c1. The van der Waals surface area contributed by atoms with Crippen molar-refractivity contribution in [2.45, 2.75) is 131 Å². The van der Waals surface area contributed by atoms with Crippen LogP contribution in [0.15, 0.2) is 328 Å². The Morgan fingerprint density at radius 3 is 1.20 bits per heavy atom. The van der Waals surface area contributed by atoms with Crippen LogP contribution in [-0.2, 0) is 27.1 Å². The van der Waals surface area contributed by atoms with Crippen LogP contribution >= 0.6 is 0 Å². The lowest BCUT2D eigenvalue weighted by Gasteiger charge is -2.45. The van der Waals surface area contributed by atoms with Gasteiger partial charge in [0.15, 0.2) is 0 Å². The predicted octanol–water partition coefficient (Wildman–Crippen LogP) is 28.5. The van der Waals surface area contributed by atoms with Gasteiger partial charge in [0, 0.05) is 72.5 Å².